The smallest absolute Gasteiger partial charge is 0.0722 e. The van der Waals surface area contributed by atoms with Gasteiger partial charge in [-0.25, -0.2) is 0 Å². The van der Waals surface area contributed by atoms with Crippen molar-refractivity contribution in [1.82, 2.24) is 9.78 Å². The van der Waals surface area contributed by atoms with Crippen LogP contribution in [0.2, 0.25) is 0 Å². The molecule has 3 saturated carbocycles. The van der Waals surface area contributed by atoms with Gasteiger partial charge in [0.05, 0.1) is 11.8 Å². The lowest BCUT2D eigenvalue weighted by Gasteiger charge is -2.39. The zero-order chi connectivity index (χ0) is 12.3. The molecule has 1 aromatic heterocycles. The third-order valence-electron chi connectivity index (χ3n) is 5.88. The van der Waals surface area contributed by atoms with Gasteiger partial charge in [-0.05, 0) is 54.9 Å². The maximum absolute atomic E-state index is 11.1. The summed E-state index contributed by atoms with van der Waals surface area (Å²) in [6, 6.07) is 0. The van der Waals surface area contributed by atoms with Gasteiger partial charge in [0, 0.05) is 19.7 Å². The van der Waals surface area contributed by atoms with E-state index in [0.29, 0.717) is 5.92 Å². The summed E-state index contributed by atoms with van der Waals surface area (Å²) in [6.07, 6.45) is 11.3. The number of nitrogens with zero attached hydrogens (tertiary/aromatic N) is 2. The molecule has 98 valence electrons. The first-order valence-corrected chi connectivity index (χ1v) is 7.36. The van der Waals surface area contributed by atoms with Crippen LogP contribution in [0.25, 0.3) is 0 Å². The summed E-state index contributed by atoms with van der Waals surface area (Å²) in [5.41, 5.74) is 0.765. The van der Waals surface area contributed by atoms with Crippen molar-refractivity contribution < 1.29 is 5.11 Å². The molecular formula is C15H22N2O. The third-order valence-corrected chi connectivity index (χ3v) is 5.88. The molecule has 5 atom stereocenters. The minimum absolute atomic E-state index is 0.431. The number of hydrogen-bond donors (Lipinski definition) is 1. The minimum atomic E-state index is -0.431. The molecular weight excluding hydrogens is 224 g/mol. The van der Waals surface area contributed by atoms with Crippen LogP contribution in [0, 0.1) is 23.7 Å². The van der Waals surface area contributed by atoms with Crippen molar-refractivity contribution >= 4 is 0 Å². The first-order valence-electron chi connectivity index (χ1n) is 7.36. The Balaban J connectivity index is 1.58. The standard InChI is InChI=1S/C15H22N2O/c1-17-9-10(8-16-17)6-15(18)7-11-5-14(15)13-4-2-3-12(11)13/h8-9,11-14,18H,2-7H2,1H3. The number of fused-ring (bicyclic) bond motifs is 5. The summed E-state index contributed by atoms with van der Waals surface area (Å²) in [5, 5.41) is 15.3. The minimum Gasteiger partial charge on any atom is -0.389 e. The number of aromatic nitrogens is 2. The Morgan fingerprint density at radius 3 is 3.06 bits per heavy atom. The molecule has 0 amide bonds. The van der Waals surface area contributed by atoms with Gasteiger partial charge in [0.15, 0.2) is 0 Å². The maximum atomic E-state index is 11.1. The number of aryl methyl sites for hydroxylation is 1. The average molecular weight is 246 g/mol. The normalized spacial score (nSPS) is 45.7. The van der Waals surface area contributed by atoms with Crippen molar-refractivity contribution in [2.75, 3.05) is 0 Å². The zero-order valence-electron chi connectivity index (χ0n) is 11.0. The quantitative estimate of drug-likeness (QED) is 0.868. The molecule has 3 fully saturated rings. The fourth-order valence-electron chi connectivity index (χ4n) is 5.36. The maximum Gasteiger partial charge on any atom is 0.0722 e. The van der Waals surface area contributed by atoms with E-state index in [0.717, 1.165) is 30.6 Å². The molecule has 1 aromatic rings. The second-order valence-electron chi connectivity index (χ2n) is 6.87. The van der Waals surface area contributed by atoms with Crippen molar-refractivity contribution in [3.8, 4) is 0 Å². The van der Waals surface area contributed by atoms with Gasteiger partial charge < -0.3 is 5.11 Å². The molecule has 1 heterocycles. The van der Waals surface area contributed by atoms with Gasteiger partial charge in [-0.15, -0.1) is 0 Å². The van der Waals surface area contributed by atoms with Crippen LogP contribution in [0.4, 0.5) is 0 Å². The van der Waals surface area contributed by atoms with Crippen molar-refractivity contribution in [3.63, 3.8) is 0 Å². The van der Waals surface area contributed by atoms with Crippen LogP contribution in [0.1, 0.15) is 37.7 Å². The first kappa shape index (κ1) is 11.0. The lowest BCUT2D eigenvalue weighted by molar-refractivity contribution is -0.0450. The Labute approximate surface area is 108 Å². The molecule has 0 spiro atoms. The average Bonchev–Trinajstić information content (AvgIpc) is 2.99. The molecule has 2 bridgehead atoms. The highest BCUT2D eigenvalue weighted by atomic mass is 16.3. The Morgan fingerprint density at radius 1 is 1.44 bits per heavy atom. The highest BCUT2D eigenvalue weighted by Crippen LogP contribution is 2.62. The highest BCUT2D eigenvalue weighted by Gasteiger charge is 2.60. The van der Waals surface area contributed by atoms with Gasteiger partial charge in [-0.3, -0.25) is 4.68 Å². The second-order valence-corrected chi connectivity index (χ2v) is 6.87. The summed E-state index contributed by atoms with van der Waals surface area (Å²) in [4.78, 5) is 0. The van der Waals surface area contributed by atoms with E-state index in [-0.39, 0.29) is 0 Å². The van der Waals surface area contributed by atoms with Crippen LogP contribution in [-0.2, 0) is 13.5 Å². The Morgan fingerprint density at radius 2 is 2.28 bits per heavy atom. The molecule has 18 heavy (non-hydrogen) atoms. The summed E-state index contributed by atoms with van der Waals surface area (Å²) < 4.78 is 1.84. The predicted octanol–water partition coefficient (Wildman–Crippen LogP) is 2.15. The van der Waals surface area contributed by atoms with Gasteiger partial charge in [0.25, 0.3) is 0 Å². The van der Waals surface area contributed by atoms with Crippen LogP contribution in [-0.4, -0.2) is 20.5 Å². The van der Waals surface area contributed by atoms with Crippen molar-refractivity contribution in [2.45, 2.75) is 44.1 Å². The Bertz CT molecular complexity index is 469. The molecule has 0 aliphatic heterocycles. The van der Waals surface area contributed by atoms with E-state index in [1.54, 1.807) is 0 Å². The Kier molecular flexibility index (Phi) is 2.20. The molecule has 5 unspecified atom stereocenters. The van der Waals surface area contributed by atoms with Gasteiger partial charge in [-0.2, -0.15) is 5.10 Å². The van der Waals surface area contributed by atoms with Crippen LogP contribution < -0.4 is 0 Å². The summed E-state index contributed by atoms with van der Waals surface area (Å²) >= 11 is 0. The molecule has 4 rings (SSSR count). The largest absolute Gasteiger partial charge is 0.389 e. The fraction of sp³-hybridized carbons (Fsp3) is 0.800. The molecule has 0 aromatic carbocycles. The molecule has 3 aliphatic rings. The van der Waals surface area contributed by atoms with E-state index >= 15 is 0 Å². The molecule has 3 aliphatic carbocycles. The van der Waals surface area contributed by atoms with E-state index in [2.05, 4.69) is 11.3 Å². The second kappa shape index (κ2) is 3.60. The molecule has 3 heteroatoms. The molecule has 0 radical (unpaired) electrons. The van der Waals surface area contributed by atoms with Crippen LogP contribution in [0.3, 0.4) is 0 Å². The topological polar surface area (TPSA) is 38.0 Å². The van der Waals surface area contributed by atoms with Gasteiger partial charge >= 0.3 is 0 Å². The number of hydrogen-bond acceptors (Lipinski definition) is 2. The van der Waals surface area contributed by atoms with Crippen LogP contribution >= 0.6 is 0 Å². The van der Waals surface area contributed by atoms with Gasteiger partial charge in [0.2, 0.25) is 0 Å². The zero-order valence-corrected chi connectivity index (χ0v) is 11.0. The lowest BCUT2D eigenvalue weighted by atomic mass is 9.71. The van der Waals surface area contributed by atoms with E-state index in [1.807, 2.05) is 17.9 Å². The molecule has 1 N–H and O–H groups in total. The number of aliphatic hydroxyl groups is 1. The summed E-state index contributed by atoms with van der Waals surface area (Å²) in [5.74, 6) is 3.15. The van der Waals surface area contributed by atoms with Crippen molar-refractivity contribution in [2.24, 2.45) is 30.7 Å². The van der Waals surface area contributed by atoms with E-state index in [9.17, 15) is 5.11 Å². The molecule has 3 nitrogen and oxygen atoms in total. The first-order chi connectivity index (χ1) is 8.66. The van der Waals surface area contributed by atoms with Crippen molar-refractivity contribution in [1.29, 1.82) is 0 Å². The highest BCUT2D eigenvalue weighted by molar-refractivity contribution is 5.16. The van der Waals surface area contributed by atoms with Crippen molar-refractivity contribution in [3.05, 3.63) is 18.0 Å². The fourth-order valence-corrected chi connectivity index (χ4v) is 5.36. The summed E-state index contributed by atoms with van der Waals surface area (Å²) in [7, 11) is 1.95. The van der Waals surface area contributed by atoms with E-state index in [4.69, 9.17) is 0 Å². The third kappa shape index (κ3) is 1.43. The van der Waals surface area contributed by atoms with Crippen LogP contribution in [0.5, 0.6) is 0 Å². The van der Waals surface area contributed by atoms with E-state index < -0.39 is 5.60 Å². The van der Waals surface area contributed by atoms with E-state index in [1.165, 1.54) is 31.2 Å². The summed E-state index contributed by atoms with van der Waals surface area (Å²) in [6.45, 7) is 0. The molecule has 0 saturated heterocycles. The van der Waals surface area contributed by atoms with Gasteiger partial charge in [-0.1, -0.05) is 6.42 Å². The predicted molar refractivity (Wildman–Crippen MR) is 68.9 cm³/mol. The SMILES string of the molecule is Cn1cc(CC2(O)CC3CC2C2CCCC32)cn1. The monoisotopic (exact) mass is 246 g/mol. The lowest BCUT2D eigenvalue weighted by Crippen LogP contribution is -2.43. The van der Waals surface area contributed by atoms with Crippen LogP contribution in [0.15, 0.2) is 12.4 Å². The number of rotatable bonds is 2. The Hall–Kier alpha value is -0.830. The van der Waals surface area contributed by atoms with Gasteiger partial charge in [0.1, 0.15) is 0 Å².